The van der Waals surface area contributed by atoms with Gasteiger partial charge in [-0.2, -0.15) is 0 Å². The third-order valence-corrected chi connectivity index (χ3v) is 3.97. The van der Waals surface area contributed by atoms with Crippen LogP contribution in [-0.4, -0.2) is 20.6 Å². The molecule has 0 aliphatic heterocycles. The minimum absolute atomic E-state index is 0.116. The molecule has 0 heterocycles. The van der Waals surface area contributed by atoms with Gasteiger partial charge >= 0.3 is 0 Å². The van der Waals surface area contributed by atoms with Crippen molar-refractivity contribution in [2.24, 2.45) is 0 Å². The van der Waals surface area contributed by atoms with Gasteiger partial charge in [0.2, 0.25) is 15.9 Å². The molecule has 0 spiro atoms. The number of rotatable bonds is 6. The van der Waals surface area contributed by atoms with Gasteiger partial charge in [-0.1, -0.05) is 43.3 Å². The topological polar surface area (TPSA) is 75.3 Å². The quantitative estimate of drug-likeness (QED) is 0.853. The Bertz CT molecular complexity index is 773. The van der Waals surface area contributed by atoms with Crippen molar-refractivity contribution >= 4 is 27.3 Å². The Morgan fingerprint density at radius 2 is 1.70 bits per heavy atom. The number of carbonyl (C=O) groups is 1. The lowest BCUT2D eigenvalue weighted by atomic mass is 9.95. The van der Waals surface area contributed by atoms with Crippen molar-refractivity contribution in [3.05, 3.63) is 60.2 Å². The zero-order valence-electron chi connectivity index (χ0n) is 13.1. The molecule has 0 saturated heterocycles. The lowest BCUT2D eigenvalue weighted by Gasteiger charge is -2.16. The normalized spacial score (nSPS) is 12.4. The molecule has 0 aliphatic rings. The summed E-state index contributed by atoms with van der Waals surface area (Å²) in [4.78, 5) is 12.5. The number of amides is 1. The highest BCUT2D eigenvalue weighted by Gasteiger charge is 2.18. The van der Waals surface area contributed by atoms with Crippen LogP contribution in [0.1, 0.15) is 24.8 Å². The van der Waals surface area contributed by atoms with Crippen LogP contribution in [0.15, 0.2) is 54.6 Å². The average molecular weight is 332 g/mol. The molecule has 0 aromatic heterocycles. The highest BCUT2D eigenvalue weighted by molar-refractivity contribution is 7.92. The number of benzene rings is 2. The Hall–Kier alpha value is -2.34. The molecule has 5 nitrogen and oxygen atoms in total. The van der Waals surface area contributed by atoms with Crippen LogP contribution in [0.3, 0.4) is 0 Å². The molecule has 2 aromatic rings. The smallest absolute Gasteiger partial charge is 0.231 e. The van der Waals surface area contributed by atoms with Crippen LogP contribution >= 0.6 is 0 Å². The fourth-order valence-electron chi connectivity index (χ4n) is 2.36. The summed E-state index contributed by atoms with van der Waals surface area (Å²) in [6.45, 7) is 1.96. The first-order valence-electron chi connectivity index (χ1n) is 7.32. The third kappa shape index (κ3) is 5.10. The monoisotopic (exact) mass is 332 g/mol. The molecule has 0 radical (unpaired) electrons. The maximum atomic E-state index is 12.5. The number of hydrogen-bond acceptors (Lipinski definition) is 3. The fourth-order valence-corrected chi connectivity index (χ4v) is 2.92. The molecule has 2 aromatic carbocycles. The van der Waals surface area contributed by atoms with Crippen molar-refractivity contribution in [1.82, 2.24) is 0 Å². The van der Waals surface area contributed by atoms with Gasteiger partial charge in [-0.25, -0.2) is 8.42 Å². The van der Waals surface area contributed by atoms with Crippen LogP contribution in [0.4, 0.5) is 11.4 Å². The van der Waals surface area contributed by atoms with E-state index >= 15 is 0 Å². The van der Waals surface area contributed by atoms with Crippen molar-refractivity contribution in [2.75, 3.05) is 16.3 Å². The lowest BCUT2D eigenvalue weighted by Crippen LogP contribution is -2.20. The summed E-state index contributed by atoms with van der Waals surface area (Å²) in [5.74, 6) is -0.363. The average Bonchev–Trinajstić information content (AvgIpc) is 2.47. The number of carbonyl (C=O) groups excluding carboxylic acids is 1. The maximum absolute atomic E-state index is 12.5. The molecule has 122 valence electrons. The van der Waals surface area contributed by atoms with Crippen LogP contribution in [0.25, 0.3) is 0 Å². The van der Waals surface area contributed by atoms with Crippen LogP contribution in [0.2, 0.25) is 0 Å². The Morgan fingerprint density at radius 1 is 1.04 bits per heavy atom. The minimum Gasteiger partial charge on any atom is -0.325 e. The van der Waals surface area contributed by atoms with Crippen molar-refractivity contribution in [3.63, 3.8) is 0 Å². The van der Waals surface area contributed by atoms with E-state index in [-0.39, 0.29) is 11.8 Å². The van der Waals surface area contributed by atoms with Gasteiger partial charge < -0.3 is 5.32 Å². The van der Waals surface area contributed by atoms with Crippen LogP contribution in [0.5, 0.6) is 0 Å². The molecule has 1 amide bonds. The molecule has 6 heteroatoms. The molecule has 2 N–H and O–H groups in total. The van der Waals surface area contributed by atoms with Gasteiger partial charge in [0.05, 0.1) is 17.9 Å². The van der Waals surface area contributed by atoms with Crippen molar-refractivity contribution in [1.29, 1.82) is 0 Å². The van der Waals surface area contributed by atoms with E-state index in [0.717, 1.165) is 11.8 Å². The second-order valence-electron chi connectivity index (χ2n) is 5.32. The standard InChI is InChI=1S/C17H20N2O3S/c1-3-16(13-8-5-4-6-9-13)17(20)18-14-10-7-11-15(12-14)19-23(2,21)22/h4-12,16,19H,3H2,1-2H3,(H,18,20)/t16-/m0/s1. The summed E-state index contributed by atoms with van der Waals surface area (Å²) in [5.41, 5.74) is 1.93. The molecule has 0 saturated carbocycles. The van der Waals surface area contributed by atoms with Crippen LogP contribution < -0.4 is 10.0 Å². The molecule has 0 fully saturated rings. The Balaban J connectivity index is 2.15. The van der Waals surface area contributed by atoms with Crippen molar-refractivity contribution in [3.8, 4) is 0 Å². The first-order chi connectivity index (χ1) is 10.9. The predicted molar refractivity (Wildman–Crippen MR) is 93.0 cm³/mol. The molecule has 2 rings (SSSR count). The van der Waals surface area contributed by atoms with Crippen LogP contribution in [-0.2, 0) is 14.8 Å². The van der Waals surface area contributed by atoms with E-state index in [2.05, 4.69) is 10.0 Å². The molecular formula is C17H20N2O3S. The molecular weight excluding hydrogens is 312 g/mol. The van der Waals surface area contributed by atoms with Gasteiger partial charge in [0.1, 0.15) is 0 Å². The van der Waals surface area contributed by atoms with E-state index in [4.69, 9.17) is 0 Å². The summed E-state index contributed by atoms with van der Waals surface area (Å²) < 4.78 is 24.9. The van der Waals surface area contributed by atoms with Gasteiger partial charge in [0.15, 0.2) is 0 Å². The van der Waals surface area contributed by atoms with E-state index < -0.39 is 10.0 Å². The number of sulfonamides is 1. The Kier molecular flexibility index (Phi) is 5.39. The summed E-state index contributed by atoms with van der Waals surface area (Å²) in [6, 6.07) is 16.2. The molecule has 0 bridgehead atoms. The van der Waals surface area contributed by atoms with Crippen LogP contribution in [0, 0.1) is 0 Å². The lowest BCUT2D eigenvalue weighted by molar-refractivity contribution is -0.117. The summed E-state index contributed by atoms with van der Waals surface area (Å²) in [7, 11) is -3.35. The molecule has 0 unspecified atom stereocenters. The molecule has 0 aliphatic carbocycles. The zero-order chi connectivity index (χ0) is 16.9. The van der Waals surface area contributed by atoms with Gasteiger partial charge in [-0.15, -0.1) is 0 Å². The first-order valence-corrected chi connectivity index (χ1v) is 9.22. The van der Waals surface area contributed by atoms with Gasteiger partial charge in [0.25, 0.3) is 0 Å². The van der Waals surface area contributed by atoms with E-state index in [0.29, 0.717) is 17.8 Å². The van der Waals surface area contributed by atoms with E-state index in [1.165, 1.54) is 0 Å². The second-order valence-corrected chi connectivity index (χ2v) is 7.06. The number of nitrogens with one attached hydrogen (secondary N) is 2. The Morgan fingerprint density at radius 3 is 2.30 bits per heavy atom. The Labute approximate surface area is 136 Å². The highest BCUT2D eigenvalue weighted by Crippen LogP contribution is 2.23. The van der Waals surface area contributed by atoms with E-state index in [1.807, 2.05) is 37.3 Å². The summed E-state index contributed by atoms with van der Waals surface area (Å²) in [5, 5.41) is 2.84. The molecule has 23 heavy (non-hydrogen) atoms. The van der Waals surface area contributed by atoms with E-state index in [1.54, 1.807) is 24.3 Å². The minimum atomic E-state index is -3.35. The SMILES string of the molecule is CC[C@H](C(=O)Nc1cccc(NS(C)(=O)=O)c1)c1ccccc1. The van der Waals surface area contributed by atoms with Gasteiger partial charge in [0, 0.05) is 5.69 Å². The highest BCUT2D eigenvalue weighted by atomic mass is 32.2. The van der Waals surface area contributed by atoms with E-state index in [9.17, 15) is 13.2 Å². The van der Waals surface area contributed by atoms with Crippen molar-refractivity contribution in [2.45, 2.75) is 19.3 Å². The summed E-state index contributed by atoms with van der Waals surface area (Å²) >= 11 is 0. The number of anilines is 2. The van der Waals surface area contributed by atoms with Crippen molar-refractivity contribution < 1.29 is 13.2 Å². The van der Waals surface area contributed by atoms with Gasteiger partial charge in [-0.05, 0) is 30.2 Å². The largest absolute Gasteiger partial charge is 0.325 e. The number of hydrogen-bond donors (Lipinski definition) is 2. The maximum Gasteiger partial charge on any atom is 0.231 e. The molecule has 1 atom stereocenters. The first kappa shape index (κ1) is 17.0. The predicted octanol–water partition coefficient (Wildman–Crippen LogP) is 3.19. The van der Waals surface area contributed by atoms with Gasteiger partial charge in [-0.3, -0.25) is 9.52 Å². The fraction of sp³-hybridized carbons (Fsp3) is 0.235. The zero-order valence-corrected chi connectivity index (χ0v) is 13.9. The second kappa shape index (κ2) is 7.28. The third-order valence-electron chi connectivity index (χ3n) is 3.36. The summed E-state index contributed by atoms with van der Waals surface area (Å²) in [6.07, 6.45) is 1.76.